The van der Waals surface area contributed by atoms with E-state index in [1.807, 2.05) is 11.8 Å². The number of likely N-dealkylation sites (tertiary alicyclic amines) is 1. The van der Waals surface area contributed by atoms with E-state index in [2.05, 4.69) is 0 Å². The zero-order chi connectivity index (χ0) is 22.0. The van der Waals surface area contributed by atoms with Crippen LogP contribution < -0.4 is 0 Å². The summed E-state index contributed by atoms with van der Waals surface area (Å²) in [6.07, 6.45) is -0.200. The first kappa shape index (κ1) is 24.5. The molecule has 1 unspecified atom stereocenters. The van der Waals surface area contributed by atoms with Gasteiger partial charge in [0.25, 0.3) is 0 Å². The number of nitrogens with zero attached hydrogens (tertiary/aromatic N) is 2. The van der Waals surface area contributed by atoms with Crippen LogP contribution in [0.3, 0.4) is 0 Å². The van der Waals surface area contributed by atoms with Crippen molar-refractivity contribution < 1.29 is 27.4 Å². The minimum atomic E-state index is -4.42. The summed E-state index contributed by atoms with van der Waals surface area (Å²) in [6.45, 7) is 4.08. The van der Waals surface area contributed by atoms with Crippen molar-refractivity contribution in [1.82, 2.24) is 9.80 Å². The molecule has 1 fully saturated rings. The molecule has 170 valence electrons. The Kier molecular flexibility index (Phi) is 9.91. The molecule has 0 N–H and O–H groups in total. The molecule has 1 amide bonds. The van der Waals surface area contributed by atoms with E-state index in [0.717, 1.165) is 31.7 Å². The Hall–Kier alpha value is -1.80. The van der Waals surface area contributed by atoms with Crippen LogP contribution in [-0.4, -0.2) is 55.5 Å². The number of halogens is 3. The lowest BCUT2D eigenvalue weighted by molar-refractivity contribution is -0.138. The topological polar surface area (TPSA) is 42.0 Å². The molecule has 0 saturated carbocycles. The van der Waals surface area contributed by atoms with Gasteiger partial charge in [-0.1, -0.05) is 31.5 Å². The van der Waals surface area contributed by atoms with E-state index in [1.54, 1.807) is 18.1 Å². The number of hydrogen-bond acceptors (Lipinski definition) is 4. The molecule has 8 heteroatoms. The number of benzene rings is 1. The van der Waals surface area contributed by atoms with Crippen LogP contribution in [0.5, 0.6) is 0 Å². The van der Waals surface area contributed by atoms with Crippen LogP contribution in [0.4, 0.5) is 18.0 Å². The van der Waals surface area contributed by atoms with Crippen molar-refractivity contribution in [2.75, 3.05) is 33.4 Å². The molecule has 5 nitrogen and oxygen atoms in total. The Balaban J connectivity index is 2.23. The van der Waals surface area contributed by atoms with E-state index in [4.69, 9.17) is 9.47 Å². The smallest absolute Gasteiger partial charge is 0.416 e. The van der Waals surface area contributed by atoms with Gasteiger partial charge in [-0.15, -0.1) is 0 Å². The third kappa shape index (κ3) is 7.16. The standard InChI is InChI=1S/C22H33F3N2O3/c1-3-4-16-30-21(28)27-14-8-7-12-20(27)26(13-9-15-29-2)17-18-10-5-6-11-19(18)22(23,24)25/h5-6,10-11,20H,3-4,7-9,12-17H2,1-2H3. The number of unbranched alkanes of at least 4 members (excludes halogenated alkanes) is 1. The molecule has 1 aromatic carbocycles. The van der Waals surface area contributed by atoms with Crippen molar-refractivity contribution in [2.24, 2.45) is 0 Å². The van der Waals surface area contributed by atoms with Gasteiger partial charge in [0.05, 0.1) is 18.3 Å². The molecule has 0 bridgehead atoms. The van der Waals surface area contributed by atoms with Crippen molar-refractivity contribution in [2.45, 2.75) is 64.3 Å². The van der Waals surface area contributed by atoms with E-state index in [9.17, 15) is 18.0 Å². The molecule has 0 aromatic heterocycles. The van der Waals surface area contributed by atoms with E-state index >= 15 is 0 Å². The Morgan fingerprint density at radius 2 is 1.97 bits per heavy atom. The third-order valence-electron chi connectivity index (χ3n) is 5.34. The zero-order valence-corrected chi connectivity index (χ0v) is 17.9. The lowest BCUT2D eigenvalue weighted by Gasteiger charge is -2.42. The zero-order valence-electron chi connectivity index (χ0n) is 17.9. The van der Waals surface area contributed by atoms with Gasteiger partial charge in [-0.05, 0) is 43.7 Å². The minimum Gasteiger partial charge on any atom is -0.449 e. The number of alkyl halides is 3. The van der Waals surface area contributed by atoms with Gasteiger partial charge in [-0.25, -0.2) is 4.79 Å². The van der Waals surface area contributed by atoms with Crippen molar-refractivity contribution >= 4 is 6.09 Å². The summed E-state index contributed by atoms with van der Waals surface area (Å²) in [5.74, 6) is 0. The van der Waals surface area contributed by atoms with E-state index < -0.39 is 11.7 Å². The molecule has 1 saturated heterocycles. The minimum absolute atomic E-state index is 0.114. The average Bonchev–Trinajstić information content (AvgIpc) is 2.73. The van der Waals surface area contributed by atoms with Crippen LogP contribution in [0, 0.1) is 0 Å². The molecule has 0 aliphatic carbocycles. The van der Waals surface area contributed by atoms with Gasteiger partial charge in [-0.2, -0.15) is 13.2 Å². The highest BCUT2D eigenvalue weighted by molar-refractivity contribution is 5.68. The quantitative estimate of drug-likeness (QED) is 0.473. The Morgan fingerprint density at radius 3 is 2.67 bits per heavy atom. The fourth-order valence-corrected chi connectivity index (χ4v) is 3.79. The van der Waals surface area contributed by atoms with Gasteiger partial charge in [-0.3, -0.25) is 9.80 Å². The lowest BCUT2D eigenvalue weighted by atomic mass is 10.0. The number of hydrogen-bond donors (Lipinski definition) is 0. The monoisotopic (exact) mass is 430 g/mol. The van der Waals surface area contributed by atoms with Crippen LogP contribution in [-0.2, 0) is 22.2 Å². The fourth-order valence-electron chi connectivity index (χ4n) is 3.79. The van der Waals surface area contributed by atoms with Crippen LogP contribution in [0.2, 0.25) is 0 Å². The van der Waals surface area contributed by atoms with Crippen molar-refractivity contribution in [3.63, 3.8) is 0 Å². The number of carbonyl (C=O) groups is 1. The maximum atomic E-state index is 13.5. The number of carbonyl (C=O) groups excluding carboxylic acids is 1. The fraction of sp³-hybridized carbons (Fsp3) is 0.682. The largest absolute Gasteiger partial charge is 0.449 e. The van der Waals surface area contributed by atoms with Gasteiger partial charge in [0.2, 0.25) is 0 Å². The van der Waals surface area contributed by atoms with Crippen LogP contribution >= 0.6 is 0 Å². The number of methoxy groups -OCH3 is 1. The summed E-state index contributed by atoms with van der Waals surface area (Å²) in [7, 11) is 1.60. The third-order valence-corrected chi connectivity index (χ3v) is 5.34. The van der Waals surface area contributed by atoms with Gasteiger partial charge < -0.3 is 9.47 Å². The highest BCUT2D eigenvalue weighted by Crippen LogP contribution is 2.33. The molecule has 1 aliphatic heterocycles. The molecule has 2 rings (SSSR count). The summed E-state index contributed by atoms with van der Waals surface area (Å²) in [4.78, 5) is 16.3. The Morgan fingerprint density at radius 1 is 1.20 bits per heavy atom. The number of ether oxygens (including phenoxy) is 2. The highest BCUT2D eigenvalue weighted by Gasteiger charge is 2.36. The van der Waals surface area contributed by atoms with Crippen molar-refractivity contribution in [3.05, 3.63) is 35.4 Å². The maximum Gasteiger partial charge on any atom is 0.416 e. The normalized spacial score (nSPS) is 17.4. The second-order valence-electron chi connectivity index (χ2n) is 7.61. The Labute approximate surface area is 177 Å². The number of amides is 1. The van der Waals surface area contributed by atoms with Gasteiger partial charge >= 0.3 is 12.3 Å². The van der Waals surface area contributed by atoms with Crippen LogP contribution in [0.15, 0.2) is 24.3 Å². The summed E-state index contributed by atoms with van der Waals surface area (Å²) in [5, 5.41) is 0. The maximum absolute atomic E-state index is 13.5. The van der Waals surface area contributed by atoms with Crippen molar-refractivity contribution in [1.29, 1.82) is 0 Å². The van der Waals surface area contributed by atoms with Gasteiger partial charge in [0.15, 0.2) is 0 Å². The second kappa shape index (κ2) is 12.2. The molecular formula is C22H33F3N2O3. The average molecular weight is 431 g/mol. The van der Waals surface area contributed by atoms with E-state index in [-0.39, 0.29) is 24.4 Å². The lowest BCUT2D eigenvalue weighted by Crippen LogP contribution is -2.53. The SMILES string of the molecule is CCCCOC(=O)N1CCCCC1N(CCCOC)Cc1ccccc1C(F)(F)F. The van der Waals surface area contributed by atoms with Crippen LogP contribution in [0.1, 0.15) is 56.6 Å². The van der Waals surface area contributed by atoms with Crippen LogP contribution in [0.25, 0.3) is 0 Å². The highest BCUT2D eigenvalue weighted by atomic mass is 19.4. The predicted molar refractivity (Wildman–Crippen MR) is 109 cm³/mol. The first-order valence-corrected chi connectivity index (χ1v) is 10.7. The summed E-state index contributed by atoms with van der Waals surface area (Å²) < 4.78 is 51.1. The summed E-state index contributed by atoms with van der Waals surface area (Å²) in [6, 6.07) is 5.65. The Bertz CT molecular complexity index is 655. The number of piperidine rings is 1. The first-order valence-electron chi connectivity index (χ1n) is 10.7. The van der Waals surface area contributed by atoms with Gasteiger partial charge in [0, 0.05) is 33.4 Å². The molecule has 0 spiro atoms. The molecule has 30 heavy (non-hydrogen) atoms. The summed E-state index contributed by atoms with van der Waals surface area (Å²) >= 11 is 0. The molecular weight excluding hydrogens is 397 g/mol. The predicted octanol–water partition coefficient (Wildman–Crippen LogP) is 5.29. The molecule has 0 radical (unpaired) electrons. The van der Waals surface area contributed by atoms with Crippen molar-refractivity contribution in [3.8, 4) is 0 Å². The molecule has 1 atom stereocenters. The van der Waals surface area contributed by atoms with E-state index in [1.165, 1.54) is 12.1 Å². The second-order valence-corrected chi connectivity index (χ2v) is 7.61. The van der Waals surface area contributed by atoms with E-state index in [0.29, 0.717) is 39.1 Å². The molecule has 1 aliphatic rings. The van der Waals surface area contributed by atoms with Gasteiger partial charge in [0.1, 0.15) is 0 Å². The molecule has 1 aromatic rings. The first-order chi connectivity index (χ1) is 14.4. The number of rotatable bonds is 10. The summed E-state index contributed by atoms with van der Waals surface area (Å²) in [5.41, 5.74) is -0.415. The molecule has 1 heterocycles.